The number of carbonyl (C=O) groups excluding carboxylic acids is 1. The number of hydrogen-bond donors (Lipinski definition) is 1. The monoisotopic (exact) mass is 390 g/mol. The number of nitrogens with one attached hydrogen (secondary N) is 1. The molecule has 1 saturated heterocycles. The van der Waals surface area contributed by atoms with Crippen LogP contribution in [0.15, 0.2) is 54.7 Å². The van der Waals surface area contributed by atoms with E-state index in [1.165, 1.54) is 31.2 Å². The van der Waals surface area contributed by atoms with E-state index < -0.39 is 0 Å². The first-order valence-electron chi connectivity index (χ1n) is 10.7. The fraction of sp³-hybridized carbons (Fsp3) is 0.417. The molecule has 2 aliphatic rings. The van der Waals surface area contributed by atoms with E-state index in [9.17, 15) is 4.79 Å². The van der Waals surface area contributed by atoms with Crippen molar-refractivity contribution < 1.29 is 4.79 Å². The summed E-state index contributed by atoms with van der Waals surface area (Å²) in [6.45, 7) is 4.27. The van der Waals surface area contributed by atoms with Gasteiger partial charge >= 0.3 is 0 Å². The van der Waals surface area contributed by atoms with Crippen LogP contribution in [0.4, 0.5) is 5.82 Å². The number of carbonyl (C=O) groups is 1. The highest BCUT2D eigenvalue weighted by atomic mass is 16.2. The van der Waals surface area contributed by atoms with Gasteiger partial charge in [0, 0.05) is 50.5 Å². The maximum absolute atomic E-state index is 12.9. The molecule has 1 aliphatic heterocycles. The molecule has 0 unspecified atom stereocenters. The van der Waals surface area contributed by atoms with Gasteiger partial charge < -0.3 is 10.2 Å². The van der Waals surface area contributed by atoms with Gasteiger partial charge in [0.1, 0.15) is 5.82 Å². The van der Waals surface area contributed by atoms with Gasteiger partial charge in [-0.25, -0.2) is 4.98 Å². The average Bonchev–Trinajstić information content (AvgIpc) is 3.28. The molecule has 1 N–H and O–H groups in total. The Hall–Kier alpha value is -2.66. The fourth-order valence-corrected chi connectivity index (χ4v) is 4.14. The zero-order valence-corrected chi connectivity index (χ0v) is 17.0. The van der Waals surface area contributed by atoms with Crippen molar-refractivity contribution in [2.24, 2.45) is 0 Å². The van der Waals surface area contributed by atoms with Crippen molar-refractivity contribution in [2.45, 2.75) is 31.7 Å². The van der Waals surface area contributed by atoms with Crippen molar-refractivity contribution in [3.8, 4) is 0 Å². The van der Waals surface area contributed by atoms with E-state index >= 15 is 0 Å². The predicted molar refractivity (Wildman–Crippen MR) is 118 cm³/mol. The molecule has 1 aromatic carbocycles. The number of benzene rings is 1. The standard InChI is InChI=1S/C24H30N4O/c29-24(21-12-13-25-23(19-21)26-22-10-4-5-11-22)28-17-15-27(16-18-28)14-6-9-20-7-2-1-3-8-20/h1-3,6-9,12-13,19,22H,4-5,10-11,14-18H2,(H,25,26)/b9-6+. The summed E-state index contributed by atoms with van der Waals surface area (Å²) in [6, 6.07) is 14.6. The summed E-state index contributed by atoms with van der Waals surface area (Å²) in [5, 5.41) is 3.49. The number of hydrogen-bond acceptors (Lipinski definition) is 4. The quantitative estimate of drug-likeness (QED) is 0.813. The van der Waals surface area contributed by atoms with Gasteiger partial charge in [0.25, 0.3) is 5.91 Å². The molecule has 4 rings (SSSR count). The smallest absolute Gasteiger partial charge is 0.254 e. The number of rotatable bonds is 6. The lowest BCUT2D eigenvalue weighted by atomic mass is 10.2. The summed E-state index contributed by atoms with van der Waals surface area (Å²) >= 11 is 0. The molecule has 1 saturated carbocycles. The van der Waals surface area contributed by atoms with Crippen LogP contribution >= 0.6 is 0 Å². The van der Waals surface area contributed by atoms with Gasteiger partial charge in [0.2, 0.25) is 0 Å². The van der Waals surface area contributed by atoms with Crippen LogP contribution in [0.3, 0.4) is 0 Å². The lowest BCUT2D eigenvalue weighted by molar-refractivity contribution is 0.0650. The van der Waals surface area contributed by atoms with Crippen molar-refractivity contribution in [1.29, 1.82) is 0 Å². The molecule has 1 aliphatic carbocycles. The first-order valence-corrected chi connectivity index (χ1v) is 10.7. The van der Waals surface area contributed by atoms with Crippen molar-refractivity contribution in [3.63, 3.8) is 0 Å². The molecule has 5 nitrogen and oxygen atoms in total. The zero-order valence-electron chi connectivity index (χ0n) is 17.0. The van der Waals surface area contributed by atoms with E-state index in [0.717, 1.165) is 44.1 Å². The van der Waals surface area contributed by atoms with Gasteiger partial charge in [0.15, 0.2) is 0 Å². The second kappa shape index (κ2) is 9.70. The van der Waals surface area contributed by atoms with E-state index in [0.29, 0.717) is 6.04 Å². The van der Waals surface area contributed by atoms with Crippen LogP contribution in [-0.2, 0) is 0 Å². The van der Waals surface area contributed by atoms with Crippen molar-refractivity contribution in [1.82, 2.24) is 14.8 Å². The summed E-state index contributed by atoms with van der Waals surface area (Å²) in [5.41, 5.74) is 1.96. The molecule has 0 radical (unpaired) electrons. The second-order valence-corrected chi connectivity index (χ2v) is 7.96. The molecule has 1 aromatic heterocycles. The van der Waals surface area contributed by atoms with Crippen LogP contribution in [0, 0.1) is 0 Å². The van der Waals surface area contributed by atoms with Crippen LogP contribution in [0.2, 0.25) is 0 Å². The Morgan fingerprint density at radius 2 is 1.83 bits per heavy atom. The first-order chi connectivity index (χ1) is 14.3. The topological polar surface area (TPSA) is 48.5 Å². The minimum absolute atomic E-state index is 0.112. The molecule has 2 fully saturated rings. The Balaban J connectivity index is 1.27. The van der Waals surface area contributed by atoms with Gasteiger partial charge in [-0.15, -0.1) is 0 Å². The van der Waals surface area contributed by atoms with Crippen molar-refractivity contribution in [3.05, 3.63) is 65.9 Å². The summed E-state index contributed by atoms with van der Waals surface area (Å²) in [4.78, 5) is 21.7. The largest absolute Gasteiger partial charge is 0.367 e. The third kappa shape index (κ3) is 5.45. The van der Waals surface area contributed by atoms with Gasteiger partial charge in [0.05, 0.1) is 0 Å². The number of pyridine rings is 1. The highest BCUT2D eigenvalue weighted by Gasteiger charge is 2.22. The normalized spacial score (nSPS) is 18.4. The molecule has 152 valence electrons. The van der Waals surface area contributed by atoms with Crippen LogP contribution in [0.1, 0.15) is 41.6 Å². The molecule has 5 heteroatoms. The third-order valence-corrected chi connectivity index (χ3v) is 5.85. The number of aromatic nitrogens is 1. The summed E-state index contributed by atoms with van der Waals surface area (Å²) in [5.74, 6) is 0.939. The van der Waals surface area contributed by atoms with Crippen LogP contribution < -0.4 is 5.32 Å². The summed E-state index contributed by atoms with van der Waals surface area (Å²) < 4.78 is 0. The molecular formula is C24H30N4O. The average molecular weight is 391 g/mol. The van der Waals surface area contributed by atoms with E-state index in [4.69, 9.17) is 0 Å². The van der Waals surface area contributed by atoms with Gasteiger partial charge in [-0.05, 0) is 30.5 Å². The molecule has 0 atom stereocenters. The molecule has 2 aromatic rings. The zero-order chi connectivity index (χ0) is 19.9. The minimum atomic E-state index is 0.112. The highest BCUT2D eigenvalue weighted by molar-refractivity contribution is 5.94. The second-order valence-electron chi connectivity index (χ2n) is 7.96. The van der Waals surface area contributed by atoms with Crippen molar-refractivity contribution in [2.75, 3.05) is 38.0 Å². The maximum atomic E-state index is 12.9. The fourth-order valence-electron chi connectivity index (χ4n) is 4.14. The molecular weight excluding hydrogens is 360 g/mol. The lowest BCUT2D eigenvalue weighted by Crippen LogP contribution is -2.48. The SMILES string of the molecule is O=C(c1ccnc(NC2CCCC2)c1)N1CCN(C/C=C/c2ccccc2)CC1. The van der Waals surface area contributed by atoms with Crippen LogP contribution in [-0.4, -0.2) is 59.5 Å². The number of piperazine rings is 1. The molecule has 0 spiro atoms. The Bertz CT molecular complexity index is 822. The lowest BCUT2D eigenvalue weighted by Gasteiger charge is -2.34. The third-order valence-electron chi connectivity index (χ3n) is 5.85. The van der Waals surface area contributed by atoms with E-state index in [1.54, 1.807) is 6.20 Å². The van der Waals surface area contributed by atoms with Crippen molar-refractivity contribution >= 4 is 17.8 Å². The van der Waals surface area contributed by atoms with E-state index in [2.05, 4.69) is 51.6 Å². The molecule has 0 bridgehead atoms. The molecule has 29 heavy (non-hydrogen) atoms. The van der Waals surface area contributed by atoms with Crippen LogP contribution in [0.5, 0.6) is 0 Å². The minimum Gasteiger partial charge on any atom is -0.367 e. The first kappa shape index (κ1) is 19.6. The van der Waals surface area contributed by atoms with Crippen LogP contribution in [0.25, 0.3) is 6.08 Å². The number of anilines is 1. The van der Waals surface area contributed by atoms with Gasteiger partial charge in [-0.1, -0.05) is 55.3 Å². The van der Waals surface area contributed by atoms with E-state index in [-0.39, 0.29) is 5.91 Å². The Kier molecular flexibility index (Phi) is 6.57. The molecule has 1 amide bonds. The Morgan fingerprint density at radius 3 is 2.59 bits per heavy atom. The van der Waals surface area contributed by atoms with Gasteiger partial charge in [-0.2, -0.15) is 0 Å². The highest BCUT2D eigenvalue weighted by Crippen LogP contribution is 2.22. The molecule has 2 heterocycles. The van der Waals surface area contributed by atoms with E-state index in [1.807, 2.05) is 23.1 Å². The Morgan fingerprint density at radius 1 is 1.07 bits per heavy atom. The number of amides is 1. The summed E-state index contributed by atoms with van der Waals surface area (Å²) in [6.07, 6.45) is 11.1. The summed E-state index contributed by atoms with van der Waals surface area (Å²) in [7, 11) is 0. The van der Waals surface area contributed by atoms with Gasteiger partial charge in [-0.3, -0.25) is 9.69 Å². The maximum Gasteiger partial charge on any atom is 0.254 e. The number of nitrogens with zero attached hydrogens (tertiary/aromatic N) is 3. The predicted octanol–water partition coefficient (Wildman–Crippen LogP) is 3.91. The Labute approximate surface area is 173 Å².